The summed E-state index contributed by atoms with van der Waals surface area (Å²) in [6.07, 6.45) is 0.698. The van der Waals surface area contributed by atoms with Gasteiger partial charge in [0, 0.05) is 28.9 Å². The predicted molar refractivity (Wildman–Crippen MR) is 123 cm³/mol. The van der Waals surface area contributed by atoms with E-state index in [1.807, 2.05) is 43.3 Å². The zero-order valence-corrected chi connectivity index (χ0v) is 19.0. The summed E-state index contributed by atoms with van der Waals surface area (Å²) in [5, 5.41) is 3.98. The number of hydrogen-bond acceptors (Lipinski definition) is 3. The molecule has 2 amide bonds. The molecular weight excluding hydrogens is 427 g/mol. The van der Waals surface area contributed by atoms with Crippen LogP contribution in [0.2, 0.25) is 10.0 Å². The van der Waals surface area contributed by atoms with Crippen LogP contribution in [-0.2, 0) is 21.8 Å². The van der Waals surface area contributed by atoms with Gasteiger partial charge in [-0.1, -0.05) is 59.6 Å². The third kappa shape index (κ3) is 7.57. The summed E-state index contributed by atoms with van der Waals surface area (Å²) in [5.74, 6) is 0.677. The molecule has 0 saturated heterocycles. The quantitative estimate of drug-likeness (QED) is 0.561. The minimum absolute atomic E-state index is 0.0604. The second-order valence-electron chi connectivity index (χ2n) is 6.62. The van der Waals surface area contributed by atoms with Gasteiger partial charge in [-0.3, -0.25) is 9.59 Å². The van der Waals surface area contributed by atoms with E-state index in [9.17, 15) is 9.59 Å². The molecule has 7 heteroatoms. The highest BCUT2D eigenvalue weighted by Gasteiger charge is 2.25. The highest BCUT2D eigenvalue weighted by molar-refractivity contribution is 7.99. The van der Waals surface area contributed by atoms with E-state index >= 15 is 0 Å². The Bertz CT molecular complexity index is 818. The molecule has 2 aromatic rings. The number of nitrogens with one attached hydrogen (secondary N) is 1. The third-order valence-corrected chi connectivity index (χ3v) is 6.05. The van der Waals surface area contributed by atoms with Gasteiger partial charge in [-0.05, 0) is 43.5 Å². The average Bonchev–Trinajstić information content (AvgIpc) is 2.70. The molecule has 0 saturated carbocycles. The summed E-state index contributed by atoms with van der Waals surface area (Å²) in [5.41, 5.74) is 2.07. The normalized spacial score (nSPS) is 11.7. The maximum absolute atomic E-state index is 12.9. The van der Waals surface area contributed by atoms with Crippen molar-refractivity contribution in [2.45, 2.75) is 32.1 Å². The number of thioether (sulfide) groups is 1. The minimum Gasteiger partial charge on any atom is -0.355 e. The smallest absolute Gasteiger partial charge is 0.242 e. The Labute approximate surface area is 187 Å². The molecule has 2 aromatic carbocycles. The molecule has 0 bridgehead atoms. The van der Waals surface area contributed by atoms with Gasteiger partial charge in [-0.25, -0.2) is 0 Å². The first-order chi connectivity index (χ1) is 13.9. The second kappa shape index (κ2) is 12.1. The van der Waals surface area contributed by atoms with Crippen molar-refractivity contribution < 1.29 is 9.59 Å². The average molecular weight is 453 g/mol. The number of amides is 2. The Balaban J connectivity index is 1.99. The van der Waals surface area contributed by atoms with Crippen molar-refractivity contribution in [3.63, 3.8) is 0 Å². The molecule has 0 aliphatic heterocycles. The Morgan fingerprint density at radius 3 is 2.52 bits per heavy atom. The van der Waals surface area contributed by atoms with E-state index < -0.39 is 6.04 Å². The Kier molecular flexibility index (Phi) is 9.85. The van der Waals surface area contributed by atoms with Crippen LogP contribution in [0, 0.1) is 0 Å². The van der Waals surface area contributed by atoms with Crippen LogP contribution in [0.5, 0.6) is 0 Å². The van der Waals surface area contributed by atoms with E-state index in [-0.39, 0.29) is 17.6 Å². The van der Waals surface area contributed by atoms with E-state index in [2.05, 4.69) is 5.32 Å². The predicted octanol–water partition coefficient (Wildman–Crippen LogP) is 4.82. The molecule has 0 aromatic heterocycles. The number of halogens is 2. The van der Waals surface area contributed by atoms with Gasteiger partial charge in [-0.15, -0.1) is 11.8 Å². The molecule has 1 N–H and O–H groups in total. The number of rotatable bonds is 10. The topological polar surface area (TPSA) is 49.4 Å². The monoisotopic (exact) mass is 452 g/mol. The molecule has 0 spiro atoms. The highest BCUT2D eigenvalue weighted by atomic mass is 35.5. The molecule has 0 aliphatic carbocycles. The van der Waals surface area contributed by atoms with Gasteiger partial charge < -0.3 is 10.2 Å². The zero-order chi connectivity index (χ0) is 21.2. The van der Waals surface area contributed by atoms with Crippen LogP contribution in [0.1, 0.15) is 25.0 Å². The SMILES string of the molecule is CCNC(=O)[C@H](C)N(CCc1ccccc1)C(=O)CSCc1ccc(Cl)cc1Cl. The molecular formula is C22H26Cl2N2O2S. The zero-order valence-electron chi connectivity index (χ0n) is 16.7. The summed E-state index contributed by atoms with van der Waals surface area (Å²) in [4.78, 5) is 26.9. The van der Waals surface area contributed by atoms with Gasteiger partial charge in [0.25, 0.3) is 0 Å². The fourth-order valence-electron chi connectivity index (χ4n) is 2.86. The van der Waals surface area contributed by atoms with Crippen LogP contribution < -0.4 is 5.32 Å². The first-order valence-electron chi connectivity index (χ1n) is 9.55. The summed E-state index contributed by atoms with van der Waals surface area (Å²) in [6, 6.07) is 14.8. The Morgan fingerprint density at radius 1 is 1.14 bits per heavy atom. The van der Waals surface area contributed by atoms with Crippen LogP contribution in [0.4, 0.5) is 0 Å². The van der Waals surface area contributed by atoms with Crippen molar-refractivity contribution in [2.75, 3.05) is 18.8 Å². The molecule has 1 atom stereocenters. The number of carbonyl (C=O) groups is 2. The Morgan fingerprint density at radius 2 is 1.86 bits per heavy atom. The van der Waals surface area contributed by atoms with E-state index in [0.29, 0.717) is 35.3 Å². The van der Waals surface area contributed by atoms with Crippen LogP contribution in [-0.4, -0.2) is 41.6 Å². The van der Waals surface area contributed by atoms with Gasteiger partial charge in [-0.2, -0.15) is 0 Å². The lowest BCUT2D eigenvalue weighted by Crippen LogP contribution is -2.49. The number of carbonyl (C=O) groups excluding carboxylic acids is 2. The molecule has 0 unspecified atom stereocenters. The van der Waals surface area contributed by atoms with Crippen LogP contribution in [0.3, 0.4) is 0 Å². The summed E-state index contributed by atoms with van der Waals surface area (Å²) in [6.45, 7) is 4.66. The largest absolute Gasteiger partial charge is 0.355 e. The van der Waals surface area contributed by atoms with Crippen LogP contribution >= 0.6 is 35.0 Å². The van der Waals surface area contributed by atoms with Gasteiger partial charge in [0.05, 0.1) is 5.75 Å². The Hall–Kier alpha value is -1.69. The maximum Gasteiger partial charge on any atom is 0.242 e. The van der Waals surface area contributed by atoms with Crippen molar-refractivity contribution in [3.05, 3.63) is 69.7 Å². The van der Waals surface area contributed by atoms with E-state index in [1.54, 1.807) is 24.0 Å². The third-order valence-electron chi connectivity index (χ3n) is 4.50. The molecule has 0 radical (unpaired) electrons. The molecule has 0 aliphatic rings. The molecule has 0 heterocycles. The lowest BCUT2D eigenvalue weighted by atomic mass is 10.1. The first kappa shape index (κ1) is 23.6. The second-order valence-corrected chi connectivity index (χ2v) is 8.45. The van der Waals surface area contributed by atoms with Crippen molar-refractivity contribution in [3.8, 4) is 0 Å². The van der Waals surface area contributed by atoms with Crippen molar-refractivity contribution in [2.24, 2.45) is 0 Å². The summed E-state index contributed by atoms with van der Waals surface area (Å²) >= 11 is 13.6. The number of likely N-dealkylation sites (N-methyl/N-ethyl adjacent to an activating group) is 1. The minimum atomic E-state index is -0.522. The van der Waals surface area contributed by atoms with Crippen molar-refractivity contribution in [1.82, 2.24) is 10.2 Å². The van der Waals surface area contributed by atoms with Gasteiger partial charge in [0.1, 0.15) is 6.04 Å². The number of hydrogen-bond donors (Lipinski definition) is 1. The van der Waals surface area contributed by atoms with E-state index in [0.717, 1.165) is 11.1 Å². The number of nitrogens with zero attached hydrogens (tertiary/aromatic N) is 1. The van der Waals surface area contributed by atoms with Gasteiger partial charge in [0.2, 0.25) is 11.8 Å². The van der Waals surface area contributed by atoms with Crippen LogP contribution in [0.25, 0.3) is 0 Å². The van der Waals surface area contributed by atoms with Crippen LogP contribution in [0.15, 0.2) is 48.5 Å². The van der Waals surface area contributed by atoms with E-state index in [4.69, 9.17) is 23.2 Å². The fourth-order valence-corrected chi connectivity index (χ4v) is 4.33. The lowest BCUT2D eigenvalue weighted by Gasteiger charge is -2.28. The van der Waals surface area contributed by atoms with Crippen molar-refractivity contribution >= 4 is 46.8 Å². The lowest BCUT2D eigenvalue weighted by molar-refractivity contribution is -0.137. The fraction of sp³-hybridized carbons (Fsp3) is 0.364. The molecule has 4 nitrogen and oxygen atoms in total. The first-order valence-corrected chi connectivity index (χ1v) is 11.5. The summed E-state index contributed by atoms with van der Waals surface area (Å²) < 4.78 is 0. The molecule has 29 heavy (non-hydrogen) atoms. The van der Waals surface area contributed by atoms with E-state index in [1.165, 1.54) is 11.8 Å². The molecule has 0 fully saturated rings. The maximum atomic E-state index is 12.9. The standard InChI is InChI=1S/C22H26Cl2N2O2S/c1-3-25-22(28)16(2)26(12-11-17-7-5-4-6-8-17)21(27)15-29-14-18-9-10-19(23)13-20(18)24/h4-10,13,16H,3,11-12,14-15H2,1-2H3,(H,25,28)/t16-/m0/s1. The van der Waals surface area contributed by atoms with Gasteiger partial charge in [0.15, 0.2) is 0 Å². The highest BCUT2D eigenvalue weighted by Crippen LogP contribution is 2.25. The molecule has 156 valence electrons. The molecule has 2 rings (SSSR count). The van der Waals surface area contributed by atoms with Crippen molar-refractivity contribution in [1.29, 1.82) is 0 Å². The number of benzene rings is 2. The van der Waals surface area contributed by atoms with Gasteiger partial charge >= 0.3 is 0 Å². The summed E-state index contributed by atoms with van der Waals surface area (Å²) in [7, 11) is 0.